The van der Waals surface area contributed by atoms with Crippen LogP contribution in [0, 0.1) is 0 Å². The van der Waals surface area contributed by atoms with Crippen LogP contribution in [0.5, 0.6) is 0 Å². The Morgan fingerprint density at radius 1 is 1.13 bits per heavy atom. The lowest BCUT2D eigenvalue weighted by Crippen LogP contribution is -1.99. The molecule has 3 heteroatoms. The maximum absolute atomic E-state index is 10.4. The van der Waals surface area contributed by atoms with Crippen LogP contribution in [0.25, 0.3) is 0 Å². The molecular weight excluding hydrogens is 190 g/mol. The molecule has 1 aromatic carbocycles. The highest BCUT2D eigenvalue weighted by Gasteiger charge is 1.99. The Kier molecular flexibility index (Phi) is 11.5. The van der Waals surface area contributed by atoms with Crippen LogP contribution in [0.2, 0.25) is 0 Å². The number of aromatic carboxylic acids is 1. The second-order valence-electron chi connectivity index (χ2n) is 2.21. The number of rotatable bonds is 2. The van der Waals surface area contributed by atoms with Gasteiger partial charge in [0.1, 0.15) is 0 Å². The molecule has 15 heavy (non-hydrogen) atoms. The van der Waals surface area contributed by atoms with Crippen molar-refractivity contribution in [2.75, 3.05) is 0 Å². The summed E-state index contributed by atoms with van der Waals surface area (Å²) < 4.78 is 0. The third-order valence-electron chi connectivity index (χ3n) is 1.44. The first-order valence-corrected chi connectivity index (χ1v) is 5.26. The summed E-state index contributed by atoms with van der Waals surface area (Å²) in [5, 5.41) is 8.52. The molecule has 3 N–H and O–H groups in total. The van der Waals surface area contributed by atoms with Crippen LogP contribution in [-0.2, 0) is 6.54 Å². The van der Waals surface area contributed by atoms with Gasteiger partial charge in [0, 0.05) is 6.54 Å². The van der Waals surface area contributed by atoms with Gasteiger partial charge in [-0.1, -0.05) is 39.8 Å². The predicted octanol–water partition coefficient (Wildman–Crippen LogP) is 2.90. The van der Waals surface area contributed by atoms with Crippen molar-refractivity contribution in [2.24, 2.45) is 5.73 Å². The fraction of sp³-hybridized carbons (Fsp3) is 0.417. The third-order valence-corrected chi connectivity index (χ3v) is 1.44. The van der Waals surface area contributed by atoms with Crippen molar-refractivity contribution in [2.45, 2.75) is 34.2 Å². The van der Waals surface area contributed by atoms with Crippen LogP contribution in [0.1, 0.15) is 43.6 Å². The van der Waals surface area contributed by atoms with E-state index in [9.17, 15) is 4.79 Å². The normalized spacial score (nSPS) is 7.80. The molecule has 0 unspecified atom stereocenters. The molecule has 0 aliphatic carbocycles. The Balaban J connectivity index is 0. The molecule has 0 radical (unpaired) electrons. The van der Waals surface area contributed by atoms with Gasteiger partial charge in [0.25, 0.3) is 0 Å². The molecule has 0 heterocycles. The van der Waals surface area contributed by atoms with Gasteiger partial charge in [-0.2, -0.15) is 0 Å². The molecule has 0 spiro atoms. The summed E-state index contributed by atoms with van der Waals surface area (Å²) in [6, 6.07) is 6.52. The van der Waals surface area contributed by atoms with Crippen molar-refractivity contribution < 1.29 is 9.90 Å². The molecule has 0 fully saturated rings. The van der Waals surface area contributed by atoms with Gasteiger partial charge in [-0.25, -0.2) is 4.79 Å². The van der Waals surface area contributed by atoms with Crippen LogP contribution in [-0.4, -0.2) is 11.1 Å². The van der Waals surface area contributed by atoms with Gasteiger partial charge in [0.15, 0.2) is 0 Å². The van der Waals surface area contributed by atoms with Crippen LogP contribution < -0.4 is 5.73 Å². The highest BCUT2D eigenvalue weighted by Crippen LogP contribution is 2.02. The quantitative estimate of drug-likeness (QED) is 0.790. The number of hydrogen-bond donors (Lipinski definition) is 2. The lowest BCUT2D eigenvalue weighted by atomic mass is 10.1. The maximum Gasteiger partial charge on any atom is 0.335 e. The van der Waals surface area contributed by atoms with E-state index in [0.29, 0.717) is 12.1 Å². The fourth-order valence-corrected chi connectivity index (χ4v) is 0.783. The zero-order valence-corrected chi connectivity index (χ0v) is 9.95. The molecule has 86 valence electrons. The van der Waals surface area contributed by atoms with E-state index in [2.05, 4.69) is 0 Å². The number of nitrogens with two attached hydrogens (primary N) is 1. The summed E-state index contributed by atoms with van der Waals surface area (Å²) in [4.78, 5) is 10.4. The minimum atomic E-state index is -0.909. The van der Waals surface area contributed by atoms with E-state index < -0.39 is 5.97 Å². The Morgan fingerprint density at radius 2 is 1.53 bits per heavy atom. The van der Waals surface area contributed by atoms with E-state index in [0.717, 1.165) is 5.56 Å². The minimum Gasteiger partial charge on any atom is -0.478 e. The van der Waals surface area contributed by atoms with Crippen molar-refractivity contribution in [3.8, 4) is 0 Å². The summed E-state index contributed by atoms with van der Waals surface area (Å²) in [5.74, 6) is -0.909. The largest absolute Gasteiger partial charge is 0.478 e. The Bertz CT molecular complexity index is 255. The smallest absolute Gasteiger partial charge is 0.335 e. The number of benzene rings is 1. The van der Waals surface area contributed by atoms with E-state index >= 15 is 0 Å². The topological polar surface area (TPSA) is 63.3 Å². The van der Waals surface area contributed by atoms with Crippen LogP contribution in [0.4, 0.5) is 0 Å². The molecular formula is C12H21NO2. The van der Waals surface area contributed by atoms with Gasteiger partial charge in [-0.15, -0.1) is 0 Å². The van der Waals surface area contributed by atoms with Gasteiger partial charge < -0.3 is 10.8 Å². The minimum absolute atomic E-state index is 0.294. The molecule has 0 aliphatic rings. The monoisotopic (exact) mass is 211 g/mol. The second kappa shape index (κ2) is 10.7. The molecule has 0 saturated carbocycles. The first kappa shape index (κ1) is 16.1. The lowest BCUT2D eigenvalue weighted by molar-refractivity contribution is 0.0697. The molecule has 1 rings (SSSR count). The number of hydrogen-bond acceptors (Lipinski definition) is 2. The maximum atomic E-state index is 10.4. The molecule has 0 bridgehead atoms. The van der Waals surface area contributed by atoms with Gasteiger partial charge >= 0.3 is 5.97 Å². The van der Waals surface area contributed by atoms with Crippen molar-refractivity contribution >= 4 is 5.97 Å². The SMILES string of the molecule is CC.CC.NCc1ccc(C(=O)O)cc1. The zero-order chi connectivity index (χ0) is 12.3. The van der Waals surface area contributed by atoms with Gasteiger partial charge in [-0.05, 0) is 17.7 Å². The van der Waals surface area contributed by atoms with E-state index in [1.807, 2.05) is 27.7 Å². The predicted molar refractivity (Wildman–Crippen MR) is 64.0 cm³/mol. The summed E-state index contributed by atoms with van der Waals surface area (Å²) >= 11 is 0. The number of carboxylic acid groups (broad SMARTS) is 1. The van der Waals surface area contributed by atoms with Crippen LogP contribution in [0.3, 0.4) is 0 Å². The number of carbonyl (C=O) groups is 1. The highest BCUT2D eigenvalue weighted by molar-refractivity contribution is 5.87. The molecule has 0 saturated heterocycles. The van der Waals surface area contributed by atoms with Gasteiger partial charge in [0.05, 0.1) is 5.56 Å². The summed E-state index contributed by atoms with van der Waals surface area (Å²) in [5.41, 5.74) is 6.56. The Labute approximate surface area is 91.9 Å². The second-order valence-corrected chi connectivity index (χ2v) is 2.21. The van der Waals surface area contributed by atoms with E-state index in [-0.39, 0.29) is 0 Å². The van der Waals surface area contributed by atoms with E-state index in [1.165, 1.54) is 0 Å². The van der Waals surface area contributed by atoms with Crippen molar-refractivity contribution in [1.29, 1.82) is 0 Å². The summed E-state index contributed by atoms with van der Waals surface area (Å²) in [6.45, 7) is 8.44. The Hall–Kier alpha value is -1.35. The van der Waals surface area contributed by atoms with Crippen molar-refractivity contribution in [1.82, 2.24) is 0 Å². The molecule has 0 atom stereocenters. The molecule has 0 amide bonds. The fourth-order valence-electron chi connectivity index (χ4n) is 0.783. The van der Waals surface area contributed by atoms with Gasteiger partial charge in [-0.3, -0.25) is 0 Å². The van der Waals surface area contributed by atoms with Crippen molar-refractivity contribution in [3.05, 3.63) is 35.4 Å². The van der Waals surface area contributed by atoms with Crippen LogP contribution in [0.15, 0.2) is 24.3 Å². The molecule has 0 aliphatic heterocycles. The summed E-state index contributed by atoms with van der Waals surface area (Å²) in [7, 11) is 0. The standard InChI is InChI=1S/C8H9NO2.2C2H6/c9-5-6-1-3-7(4-2-6)8(10)11;2*1-2/h1-4H,5,9H2,(H,10,11);2*1-2H3. The average Bonchev–Trinajstić information content (AvgIpc) is 2.34. The van der Waals surface area contributed by atoms with E-state index in [1.54, 1.807) is 24.3 Å². The first-order chi connectivity index (χ1) is 7.24. The molecule has 3 nitrogen and oxygen atoms in total. The highest BCUT2D eigenvalue weighted by atomic mass is 16.4. The molecule has 0 aromatic heterocycles. The number of carboxylic acids is 1. The average molecular weight is 211 g/mol. The first-order valence-electron chi connectivity index (χ1n) is 5.26. The Morgan fingerprint density at radius 3 is 1.80 bits per heavy atom. The zero-order valence-electron chi connectivity index (χ0n) is 9.95. The van der Waals surface area contributed by atoms with E-state index in [4.69, 9.17) is 10.8 Å². The van der Waals surface area contributed by atoms with Gasteiger partial charge in [0.2, 0.25) is 0 Å². The summed E-state index contributed by atoms with van der Waals surface area (Å²) in [6.07, 6.45) is 0. The van der Waals surface area contributed by atoms with Crippen molar-refractivity contribution in [3.63, 3.8) is 0 Å². The van der Waals surface area contributed by atoms with Crippen LogP contribution >= 0.6 is 0 Å². The third kappa shape index (κ3) is 6.69. The lowest BCUT2D eigenvalue weighted by Gasteiger charge is -1.96. The molecule has 1 aromatic rings.